The van der Waals surface area contributed by atoms with Gasteiger partial charge in [-0.25, -0.2) is 27.1 Å². The minimum Gasteiger partial charge on any atom is -0.492 e. The molecule has 0 saturated carbocycles. The molecule has 0 saturated heterocycles. The number of ether oxygens (including phenoxy) is 1. The molecule has 3 N–H and O–H groups in total. The highest BCUT2D eigenvalue weighted by Gasteiger charge is 2.40. The molecule has 4 rings (SSSR count). The first-order chi connectivity index (χ1) is 16.3. The Labute approximate surface area is 200 Å². The minimum atomic E-state index is -4.49. The fourth-order valence-corrected chi connectivity index (χ4v) is 5.79. The van der Waals surface area contributed by atoms with E-state index in [1.54, 1.807) is 26.8 Å². The number of aromatic amines is 1. The lowest BCUT2D eigenvalue weighted by atomic mass is 9.88. The third-order valence-corrected chi connectivity index (χ3v) is 7.89. The van der Waals surface area contributed by atoms with Crippen molar-refractivity contribution in [3.05, 3.63) is 74.6 Å². The molecule has 1 aliphatic rings. The Kier molecular flexibility index (Phi) is 6.32. The Hall–Kier alpha value is -3.09. The second kappa shape index (κ2) is 8.85. The lowest BCUT2D eigenvalue weighted by Gasteiger charge is -2.32. The highest BCUT2D eigenvalue weighted by molar-refractivity contribution is 7.89. The summed E-state index contributed by atoms with van der Waals surface area (Å²) in [5.41, 5.74) is -0.335. The largest absolute Gasteiger partial charge is 0.492 e. The first-order valence-electron chi connectivity index (χ1n) is 10.8. The summed E-state index contributed by atoms with van der Waals surface area (Å²) < 4.78 is 69.5. The molecule has 3 aromatic rings. The Morgan fingerprint density at radius 1 is 1.20 bits per heavy atom. The number of benzene rings is 2. The molecule has 9 nitrogen and oxygen atoms in total. The van der Waals surface area contributed by atoms with Crippen LogP contribution in [-0.2, 0) is 15.6 Å². The highest BCUT2D eigenvalue weighted by Crippen LogP contribution is 2.43. The van der Waals surface area contributed by atoms with Gasteiger partial charge in [-0.2, -0.15) is 4.72 Å². The molecule has 1 aliphatic heterocycles. The van der Waals surface area contributed by atoms with Crippen molar-refractivity contribution in [2.75, 3.05) is 6.61 Å². The zero-order valence-electron chi connectivity index (χ0n) is 19.5. The van der Waals surface area contributed by atoms with Gasteiger partial charge < -0.3 is 14.3 Å². The summed E-state index contributed by atoms with van der Waals surface area (Å²) in [6, 6.07) is 3.49. The molecule has 0 bridgehead atoms. The average Bonchev–Trinajstić information content (AvgIpc) is 3.20. The van der Waals surface area contributed by atoms with Crippen LogP contribution in [0, 0.1) is 25.5 Å². The molecular formula is C23H25F2N3O6S. The van der Waals surface area contributed by atoms with Crippen LogP contribution in [0.1, 0.15) is 60.4 Å². The van der Waals surface area contributed by atoms with Gasteiger partial charge in [0.05, 0.1) is 17.8 Å². The van der Waals surface area contributed by atoms with Crippen molar-refractivity contribution < 1.29 is 31.5 Å². The molecule has 0 fully saturated rings. The molecule has 3 atom stereocenters. The summed E-state index contributed by atoms with van der Waals surface area (Å²) in [5, 5.41) is 16.5. The van der Waals surface area contributed by atoms with Crippen molar-refractivity contribution in [1.82, 2.24) is 14.9 Å². The normalized spacial score (nSPS) is 19.6. The number of hydrogen-bond donors (Lipinski definition) is 3. The van der Waals surface area contributed by atoms with Gasteiger partial charge in [0.2, 0.25) is 15.9 Å². The number of aromatic nitrogens is 2. The molecule has 188 valence electrons. The molecule has 0 aliphatic carbocycles. The molecule has 1 aromatic heterocycles. The van der Waals surface area contributed by atoms with E-state index in [1.807, 2.05) is 0 Å². The van der Waals surface area contributed by atoms with Gasteiger partial charge in [-0.1, -0.05) is 13.0 Å². The van der Waals surface area contributed by atoms with Crippen molar-refractivity contribution in [3.8, 4) is 5.75 Å². The smallest absolute Gasteiger partial charge is 0.434 e. The van der Waals surface area contributed by atoms with Crippen molar-refractivity contribution in [2.24, 2.45) is 0 Å². The van der Waals surface area contributed by atoms with Gasteiger partial charge in [-0.05, 0) is 55.7 Å². The van der Waals surface area contributed by atoms with Crippen LogP contribution >= 0.6 is 0 Å². The standard InChI is InChI=1S/C23H25F2N3O6S/c1-11-5-6-14(24)17(12(11)2)13(3)19(21-26-27-22(29)34-21)28-35(31,32)16-8-7-15(25)18-20(16)33-10-9-23(18,4)30/h5-8,13,19,28,30H,9-10H2,1-4H3,(H,27,29)/t13-,19+,23?/m1/s1. The van der Waals surface area contributed by atoms with Crippen LogP contribution < -0.4 is 15.2 Å². The van der Waals surface area contributed by atoms with Gasteiger partial charge in [0, 0.05) is 12.3 Å². The topological polar surface area (TPSA) is 135 Å². The number of fused-ring (bicyclic) bond motifs is 1. The van der Waals surface area contributed by atoms with Crippen LogP contribution in [0.3, 0.4) is 0 Å². The first-order valence-corrected chi connectivity index (χ1v) is 12.3. The second-order valence-electron chi connectivity index (χ2n) is 8.86. The number of hydrogen-bond acceptors (Lipinski definition) is 7. The molecule has 0 spiro atoms. The SMILES string of the molecule is Cc1ccc(F)c([C@@H](C)[C@H](NS(=O)(=O)c2ccc(F)c3c2OCCC3(C)O)c2n[nH]c(=O)o2)c1C. The van der Waals surface area contributed by atoms with Crippen LogP contribution in [0.5, 0.6) is 5.75 Å². The molecule has 2 heterocycles. The van der Waals surface area contributed by atoms with Gasteiger partial charge in [0.1, 0.15) is 28.3 Å². The summed E-state index contributed by atoms with van der Waals surface area (Å²) in [6.45, 7) is 6.38. The number of H-pyrrole nitrogens is 1. The van der Waals surface area contributed by atoms with E-state index < -0.39 is 49.9 Å². The van der Waals surface area contributed by atoms with Crippen molar-refractivity contribution in [3.63, 3.8) is 0 Å². The molecule has 0 amide bonds. The predicted octanol–water partition coefficient (Wildman–Crippen LogP) is 3.07. The van der Waals surface area contributed by atoms with Crippen molar-refractivity contribution >= 4 is 10.0 Å². The number of nitrogens with one attached hydrogen (secondary N) is 2. The van der Waals surface area contributed by atoms with Gasteiger partial charge >= 0.3 is 5.76 Å². The van der Waals surface area contributed by atoms with E-state index in [1.165, 1.54) is 13.0 Å². The zero-order valence-corrected chi connectivity index (χ0v) is 20.3. The predicted molar refractivity (Wildman–Crippen MR) is 121 cm³/mol. The third-order valence-electron chi connectivity index (χ3n) is 6.42. The van der Waals surface area contributed by atoms with Gasteiger partial charge in [0.25, 0.3) is 0 Å². The monoisotopic (exact) mass is 509 g/mol. The molecule has 2 aromatic carbocycles. The molecule has 12 heteroatoms. The number of aliphatic hydroxyl groups is 1. The maximum absolute atomic E-state index is 14.9. The van der Waals surface area contributed by atoms with Crippen LogP contribution in [0.25, 0.3) is 0 Å². The maximum atomic E-state index is 14.9. The summed E-state index contributed by atoms with van der Waals surface area (Å²) in [7, 11) is -4.49. The summed E-state index contributed by atoms with van der Waals surface area (Å²) >= 11 is 0. The molecule has 35 heavy (non-hydrogen) atoms. The van der Waals surface area contributed by atoms with Crippen LogP contribution in [0.2, 0.25) is 0 Å². The van der Waals surface area contributed by atoms with E-state index in [0.717, 1.165) is 17.7 Å². The molecule has 0 radical (unpaired) electrons. The summed E-state index contributed by atoms with van der Waals surface area (Å²) in [4.78, 5) is 11.2. The minimum absolute atomic E-state index is 0.0340. The number of sulfonamides is 1. The van der Waals surface area contributed by atoms with Gasteiger partial charge in [0.15, 0.2) is 0 Å². The lowest BCUT2D eigenvalue weighted by Crippen LogP contribution is -2.35. The van der Waals surface area contributed by atoms with Crippen LogP contribution in [-0.4, -0.2) is 30.3 Å². The Bertz CT molecular complexity index is 1450. The lowest BCUT2D eigenvalue weighted by molar-refractivity contribution is 0.00963. The average molecular weight is 510 g/mol. The quantitative estimate of drug-likeness (QED) is 0.465. The van der Waals surface area contributed by atoms with E-state index in [4.69, 9.17) is 9.15 Å². The number of nitrogens with zero attached hydrogens (tertiary/aromatic N) is 1. The van der Waals surface area contributed by atoms with Crippen molar-refractivity contribution in [1.29, 1.82) is 0 Å². The summed E-state index contributed by atoms with van der Waals surface area (Å²) in [5.74, 6) is -3.81. The zero-order chi connectivity index (χ0) is 25.7. The summed E-state index contributed by atoms with van der Waals surface area (Å²) in [6.07, 6.45) is 0.0673. The van der Waals surface area contributed by atoms with Gasteiger partial charge in [-0.15, -0.1) is 5.10 Å². The van der Waals surface area contributed by atoms with E-state index in [0.29, 0.717) is 5.56 Å². The van der Waals surface area contributed by atoms with E-state index >= 15 is 0 Å². The fraction of sp³-hybridized carbons (Fsp3) is 0.391. The van der Waals surface area contributed by atoms with E-state index in [-0.39, 0.29) is 35.8 Å². The Morgan fingerprint density at radius 2 is 1.89 bits per heavy atom. The number of rotatable bonds is 6. The number of halogens is 2. The molecular weight excluding hydrogens is 484 g/mol. The van der Waals surface area contributed by atoms with Crippen LogP contribution in [0.4, 0.5) is 8.78 Å². The Balaban J connectivity index is 1.84. The van der Waals surface area contributed by atoms with Gasteiger partial charge in [-0.3, -0.25) is 0 Å². The maximum Gasteiger partial charge on any atom is 0.434 e. The van der Waals surface area contributed by atoms with E-state index in [2.05, 4.69) is 14.9 Å². The Morgan fingerprint density at radius 3 is 2.54 bits per heavy atom. The molecule has 1 unspecified atom stereocenters. The van der Waals surface area contributed by atoms with E-state index in [9.17, 15) is 27.1 Å². The third kappa shape index (κ3) is 4.48. The second-order valence-corrected chi connectivity index (χ2v) is 10.5. The van der Waals surface area contributed by atoms with Crippen LogP contribution in [0.15, 0.2) is 38.4 Å². The van der Waals surface area contributed by atoms with Crippen molar-refractivity contribution in [2.45, 2.75) is 56.6 Å². The fourth-order valence-electron chi connectivity index (χ4n) is 4.37. The number of aryl methyl sites for hydroxylation is 1. The first kappa shape index (κ1) is 25.0. The highest BCUT2D eigenvalue weighted by atomic mass is 32.2.